The first kappa shape index (κ1) is 17.2. The van der Waals surface area contributed by atoms with Crippen molar-refractivity contribution in [1.82, 2.24) is 15.5 Å². The number of hydrogen-bond acceptors (Lipinski definition) is 3. The predicted octanol–water partition coefficient (Wildman–Crippen LogP) is 2.43. The van der Waals surface area contributed by atoms with Gasteiger partial charge in [-0.1, -0.05) is 43.2 Å². The highest BCUT2D eigenvalue weighted by molar-refractivity contribution is 5.75. The summed E-state index contributed by atoms with van der Waals surface area (Å²) < 4.78 is 0. The number of benzene rings is 1. The van der Waals surface area contributed by atoms with Crippen LogP contribution in [0, 0.1) is 0 Å². The molecule has 0 radical (unpaired) electrons. The van der Waals surface area contributed by atoms with E-state index in [-0.39, 0.29) is 18.7 Å². The molecule has 1 aliphatic carbocycles. The predicted molar refractivity (Wildman–Crippen MR) is 94.8 cm³/mol. The number of carbonyl (C=O) groups is 1. The van der Waals surface area contributed by atoms with E-state index in [4.69, 9.17) is 0 Å². The van der Waals surface area contributed by atoms with Crippen LogP contribution in [0.5, 0.6) is 0 Å². The van der Waals surface area contributed by atoms with Crippen LogP contribution in [0.15, 0.2) is 30.3 Å². The van der Waals surface area contributed by atoms with Crippen LogP contribution in [-0.4, -0.2) is 47.8 Å². The van der Waals surface area contributed by atoms with E-state index < -0.39 is 5.54 Å². The first-order valence-corrected chi connectivity index (χ1v) is 9.18. The number of likely N-dealkylation sites (tertiary alicyclic amines) is 1. The number of carbonyl (C=O) groups excluding carboxylic acids is 1. The van der Waals surface area contributed by atoms with Gasteiger partial charge in [0.2, 0.25) is 0 Å². The Morgan fingerprint density at radius 2 is 1.79 bits per heavy atom. The van der Waals surface area contributed by atoms with E-state index in [9.17, 15) is 9.90 Å². The van der Waals surface area contributed by atoms with Crippen molar-refractivity contribution in [3.05, 3.63) is 35.9 Å². The van der Waals surface area contributed by atoms with Crippen LogP contribution in [0.1, 0.15) is 50.1 Å². The Morgan fingerprint density at radius 1 is 1.12 bits per heavy atom. The second-order valence-corrected chi connectivity index (χ2v) is 7.21. The number of aliphatic hydroxyl groups is 1. The van der Waals surface area contributed by atoms with Crippen LogP contribution in [0.4, 0.5) is 4.79 Å². The summed E-state index contributed by atoms with van der Waals surface area (Å²) in [4.78, 5) is 15.0. The monoisotopic (exact) mass is 331 g/mol. The molecular weight excluding hydrogens is 302 g/mol. The van der Waals surface area contributed by atoms with E-state index in [1.165, 1.54) is 12.8 Å². The first-order chi connectivity index (χ1) is 11.7. The quantitative estimate of drug-likeness (QED) is 0.750. The minimum absolute atomic E-state index is 0.0164. The highest BCUT2D eigenvalue weighted by atomic mass is 16.3. The van der Waals surface area contributed by atoms with E-state index in [0.717, 1.165) is 50.9 Å². The Balaban J connectivity index is 1.65. The fourth-order valence-corrected chi connectivity index (χ4v) is 3.95. The summed E-state index contributed by atoms with van der Waals surface area (Å²) in [5.74, 6) is 0. The molecule has 5 heteroatoms. The Kier molecular flexibility index (Phi) is 5.74. The largest absolute Gasteiger partial charge is 0.394 e. The van der Waals surface area contributed by atoms with E-state index in [1.54, 1.807) is 0 Å². The molecule has 5 nitrogen and oxygen atoms in total. The third-order valence-electron chi connectivity index (χ3n) is 5.39. The Morgan fingerprint density at radius 3 is 2.42 bits per heavy atom. The Hall–Kier alpha value is -1.59. The van der Waals surface area contributed by atoms with Gasteiger partial charge < -0.3 is 20.6 Å². The van der Waals surface area contributed by atoms with Gasteiger partial charge in [-0.05, 0) is 44.3 Å². The Bertz CT molecular complexity index is 523. The van der Waals surface area contributed by atoms with Gasteiger partial charge >= 0.3 is 6.03 Å². The molecule has 3 N–H and O–H groups in total. The zero-order valence-electron chi connectivity index (χ0n) is 14.3. The molecule has 1 saturated heterocycles. The molecule has 0 spiro atoms. The number of aliphatic hydroxyl groups excluding tert-OH is 1. The Labute approximate surface area is 144 Å². The van der Waals surface area contributed by atoms with Crippen molar-refractivity contribution in [2.75, 3.05) is 26.2 Å². The lowest BCUT2D eigenvalue weighted by atomic mass is 9.99. The van der Waals surface area contributed by atoms with Crippen LogP contribution in [0.2, 0.25) is 0 Å². The van der Waals surface area contributed by atoms with Crippen molar-refractivity contribution in [2.24, 2.45) is 0 Å². The van der Waals surface area contributed by atoms with Crippen molar-refractivity contribution in [3.8, 4) is 0 Å². The molecule has 1 atom stereocenters. The molecule has 1 saturated carbocycles. The fraction of sp³-hybridized carbons (Fsp3) is 0.632. The number of amides is 2. The molecule has 1 unspecified atom stereocenters. The van der Waals surface area contributed by atoms with Crippen molar-refractivity contribution in [1.29, 1.82) is 0 Å². The molecule has 1 aliphatic heterocycles. The van der Waals surface area contributed by atoms with E-state index in [0.29, 0.717) is 0 Å². The van der Waals surface area contributed by atoms with Gasteiger partial charge in [-0.15, -0.1) is 0 Å². The molecule has 0 bridgehead atoms. The zero-order chi connectivity index (χ0) is 16.8. The third-order valence-corrected chi connectivity index (χ3v) is 5.39. The van der Waals surface area contributed by atoms with Gasteiger partial charge in [-0.3, -0.25) is 0 Å². The average molecular weight is 331 g/mol. The summed E-state index contributed by atoms with van der Waals surface area (Å²) in [7, 11) is 0. The normalized spacial score (nSPS) is 21.5. The molecule has 2 amide bonds. The number of nitrogens with zero attached hydrogens (tertiary/aromatic N) is 1. The van der Waals surface area contributed by atoms with Gasteiger partial charge in [0.05, 0.1) is 18.2 Å². The van der Waals surface area contributed by atoms with E-state index in [2.05, 4.69) is 27.7 Å². The van der Waals surface area contributed by atoms with Crippen LogP contribution in [-0.2, 0) is 0 Å². The maximum absolute atomic E-state index is 12.6. The molecule has 2 fully saturated rings. The topological polar surface area (TPSA) is 64.6 Å². The van der Waals surface area contributed by atoms with E-state index in [1.807, 2.05) is 18.2 Å². The molecule has 132 valence electrons. The number of nitrogens with one attached hydrogen (secondary N) is 2. The van der Waals surface area contributed by atoms with Gasteiger partial charge in [0.1, 0.15) is 0 Å². The maximum Gasteiger partial charge on any atom is 0.315 e. The van der Waals surface area contributed by atoms with Crippen molar-refractivity contribution < 1.29 is 9.90 Å². The number of urea groups is 1. The highest BCUT2D eigenvalue weighted by Crippen LogP contribution is 2.29. The summed E-state index contributed by atoms with van der Waals surface area (Å²) >= 11 is 0. The zero-order valence-corrected chi connectivity index (χ0v) is 14.3. The lowest BCUT2D eigenvalue weighted by molar-refractivity contribution is 0.160. The molecular formula is C19H29N3O2. The minimum Gasteiger partial charge on any atom is -0.394 e. The maximum atomic E-state index is 12.6. The molecule has 0 aromatic heterocycles. The smallest absolute Gasteiger partial charge is 0.315 e. The molecule has 1 aromatic rings. The SMILES string of the molecule is O=C(NC(CN1CCCC1)c1ccccc1)NC1(CO)CCCC1. The second kappa shape index (κ2) is 7.99. The molecule has 2 aliphatic rings. The third kappa shape index (κ3) is 4.28. The summed E-state index contributed by atoms with van der Waals surface area (Å²) in [6.07, 6.45) is 6.33. The lowest BCUT2D eigenvalue weighted by Crippen LogP contribution is -2.54. The summed E-state index contributed by atoms with van der Waals surface area (Å²) in [6, 6.07) is 9.96. The van der Waals surface area contributed by atoms with Gasteiger partial charge in [-0.2, -0.15) is 0 Å². The standard InChI is InChI=1S/C19H29N3O2/c23-15-19(10-4-5-11-19)21-18(24)20-17(14-22-12-6-7-13-22)16-8-2-1-3-9-16/h1-3,8-9,17,23H,4-7,10-15H2,(H2,20,21,24). The van der Waals surface area contributed by atoms with Gasteiger partial charge in [0, 0.05) is 6.54 Å². The van der Waals surface area contributed by atoms with Crippen LogP contribution in [0.25, 0.3) is 0 Å². The second-order valence-electron chi connectivity index (χ2n) is 7.21. The van der Waals surface area contributed by atoms with E-state index >= 15 is 0 Å². The van der Waals surface area contributed by atoms with Crippen LogP contribution >= 0.6 is 0 Å². The lowest BCUT2D eigenvalue weighted by Gasteiger charge is -2.30. The fourth-order valence-electron chi connectivity index (χ4n) is 3.95. The molecule has 24 heavy (non-hydrogen) atoms. The van der Waals surface area contributed by atoms with Crippen LogP contribution < -0.4 is 10.6 Å². The van der Waals surface area contributed by atoms with Gasteiger partial charge in [0.25, 0.3) is 0 Å². The first-order valence-electron chi connectivity index (χ1n) is 9.18. The van der Waals surface area contributed by atoms with Crippen LogP contribution in [0.3, 0.4) is 0 Å². The minimum atomic E-state index is -0.432. The summed E-state index contributed by atoms with van der Waals surface area (Å²) in [5.41, 5.74) is 0.697. The number of hydrogen-bond donors (Lipinski definition) is 3. The van der Waals surface area contributed by atoms with Gasteiger partial charge in [-0.25, -0.2) is 4.79 Å². The highest BCUT2D eigenvalue weighted by Gasteiger charge is 2.35. The molecule has 3 rings (SSSR count). The van der Waals surface area contributed by atoms with Crippen molar-refractivity contribution in [2.45, 2.75) is 50.1 Å². The van der Waals surface area contributed by atoms with Gasteiger partial charge in [0.15, 0.2) is 0 Å². The molecule has 1 aromatic carbocycles. The summed E-state index contributed by atoms with van der Waals surface area (Å²) in [6.45, 7) is 3.06. The summed E-state index contributed by atoms with van der Waals surface area (Å²) in [5, 5.41) is 15.9. The number of rotatable bonds is 6. The van der Waals surface area contributed by atoms with Crippen molar-refractivity contribution >= 4 is 6.03 Å². The van der Waals surface area contributed by atoms with Crippen molar-refractivity contribution in [3.63, 3.8) is 0 Å². The molecule has 1 heterocycles. The average Bonchev–Trinajstić information content (AvgIpc) is 3.27.